The molecule has 0 bridgehead atoms. The van der Waals surface area contributed by atoms with Crippen molar-refractivity contribution >= 4 is 21.8 Å². The van der Waals surface area contributed by atoms with Gasteiger partial charge in [-0.2, -0.15) is 0 Å². The third-order valence-corrected chi connectivity index (χ3v) is 3.93. The first-order chi connectivity index (χ1) is 9.50. The molecule has 2 heterocycles. The lowest BCUT2D eigenvalue weighted by Crippen LogP contribution is -2.36. The largest absolute Gasteiger partial charge is 0.375 e. The van der Waals surface area contributed by atoms with Crippen LogP contribution in [0.25, 0.3) is 5.69 Å². The molecule has 1 N–H and O–H groups in total. The Balaban J connectivity index is 2.02. The lowest BCUT2D eigenvalue weighted by Gasteiger charge is -2.21. The molecule has 0 spiro atoms. The number of amides is 1. The first kappa shape index (κ1) is 13.3. The number of halogens is 1. The van der Waals surface area contributed by atoms with Gasteiger partial charge in [0.1, 0.15) is 6.33 Å². The standard InChI is InChI=1S/C13H13BrN4O2/c1-17-6-5-13(20,11(17)19)9-3-2-4-10(7-9)18-8-15-12(14)16-18/h2-4,7-8,20H,5-6H2,1H3. The van der Waals surface area contributed by atoms with Crippen LogP contribution in [0.4, 0.5) is 0 Å². The Bertz CT molecular complexity index is 672. The normalized spacial score (nSPS) is 22.6. The van der Waals surface area contributed by atoms with Crippen LogP contribution in [0.1, 0.15) is 12.0 Å². The molecule has 1 unspecified atom stereocenters. The van der Waals surface area contributed by atoms with E-state index in [0.717, 1.165) is 5.69 Å². The highest BCUT2D eigenvalue weighted by atomic mass is 79.9. The number of hydrogen-bond acceptors (Lipinski definition) is 4. The van der Waals surface area contributed by atoms with Gasteiger partial charge in [0.2, 0.25) is 4.73 Å². The van der Waals surface area contributed by atoms with E-state index in [1.165, 1.54) is 0 Å². The van der Waals surface area contributed by atoms with Crippen LogP contribution in [0, 0.1) is 0 Å². The van der Waals surface area contributed by atoms with Crippen LogP contribution in [0.3, 0.4) is 0 Å². The second kappa shape index (κ2) is 4.68. The topological polar surface area (TPSA) is 71.2 Å². The molecule has 1 fully saturated rings. The van der Waals surface area contributed by atoms with E-state index in [2.05, 4.69) is 26.0 Å². The number of rotatable bonds is 2. The summed E-state index contributed by atoms with van der Waals surface area (Å²) in [6, 6.07) is 7.16. The summed E-state index contributed by atoms with van der Waals surface area (Å²) in [6.45, 7) is 0.550. The molecule has 1 saturated heterocycles. The van der Waals surface area contributed by atoms with E-state index < -0.39 is 5.60 Å². The van der Waals surface area contributed by atoms with E-state index in [9.17, 15) is 9.90 Å². The van der Waals surface area contributed by atoms with Gasteiger partial charge in [-0.15, -0.1) is 5.10 Å². The third-order valence-electron chi connectivity index (χ3n) is 3.56. The Morgan fingerprint density at radius 1 is 1.45 bits per heavy atom. The van der Waals surface area contributed by atoms with Crippen molar-refractivity contribution in [3.63, 3.8) is 0 Å². The molecule has 0 radical (unpaired) electrons. The van der Waals surface area contributed by atoms with Gasteiger partial charge < -0.3 is 10.0 Å². The number of aromatic nitrogens is 3. The maximum absolute atomic E-state index is 12.1. The number of carbonyl (C=O) groups excluding carboxylic acids is 1. The van der Waals surface area contributed by atoms with Crippen molar-refractivity contribution in [3.05, 3.63) is 40.9 Å². The SMILES string of the molecule is CN1CCC(O)(c2cccc(-n3cnc(Br)n3)c2)C1=O. The van der Waals surface area contributed by atoms with E-state index >= 15 is 0 Å². The van der Waals surface area contributed by atoms with Crippen LogP contribution in [0.2, 0.25) is 0 Å². The van der Waals surface area contributed by atoms with Gasteiger partial charge >= 0.3 is 0 Å². The third kappa shape index (κ3) is 2.03. The summed E-state index contributed by atoms with van der Waals surface area (Å²) < 4.78 is 2.07. The molecule has 1 atom stereocenters. The highest BCUT2D eigenvalue weighted by Gasteiger charge is 2.45. The van der Waals surface area contributed by atoms with Crippen molar-refractivity contribution in [2.75, 3.05) is 13.6 Å². The number of hydrogen-bond donors (Lipinski definition) is 1. The zero-order valence-electron chi connectivity index (χ0n) is 10.8. The van der Waals surface area contributed by atoms with Gasteiger partial charge in [0.15, 0.2) is 5.60 Å². The average Bonchev–Trinajstić information content (AvgIpc) is 3.00. The van der Waals surface area contributed by atoms with E-state index in [4.69, 9.17) is 0 Å². The number of aliphatic hydroxyl groups is 1. The molecule has 1 aliphatic rings. The van der Waals surface area contributed by atoms with E-state index in [0.29, 0.717) is 23.3 Å². The zero-order valence-corrected chi connectivity index (χ0v) is 12.4. The molecule has 1 amide bonds. The smallest absolute Gasteiger partial charge is 0.258 e. The van der Waals surface area contributed by atoms with Crippen LogP contribution >= 0.6 is 15.9 Å². The fraction of sp³-hybridized carbons (Fsp3) is 0.308. The predicted octanol–water partition coefficient (Wildman–Crippen LogP) is 1.08. The minimum Gasteiger partial charge on any atom is -0.375 e. The number of carbonyl (C=O) groups is 1. The van der Waals surface area contributed by atoms with E-state index in [-0.39, 0.29) is 5.91 Å². The van der Waals surface area contributed by atoms with Crippen molar-refractivity contribution in [3.8, 4) is 5.69 Å². The Morgan fingerprint density at radius 2 is 2.25 bits per heavy atom. The van der Waals surface area contributed by atoms with E-state index in [1.807, 2.05) is 6.07 Å². The second-order valence-electron chi connectivity index (χ2n) is 4.85. The fourth-order valence-corrected chi connectivity index (χ4v) is 2.66. The molecule has 1 aromatic carbocycles. The molecular formula is C13H13BrN4O2. The van der Waals surface area contributed by atoms with Crippen LogP contribution in [0.5, 0.6) is 0 Å². The molecule has 1 aromatic heterocycles. The van der Waals surface area contributed by atoms with Crippen molar-refractivity contribution in [2.24, 2.45) is 0 Å². The van der Waals surface area contributed by atoms with Crippen LogP contribution < -0.4 is 0 Å². The first-order valence-corrected chi connectivity index (χ1v) is 6.96. The minimum atomic E-state index is -1.44. The Labute approximate surface area is 124 Å². The molecule has 3 rings (SSSR count). The average molecular weight is 337 g/mol. The van der Waals surface area contributed by atoms with Gasteiger partial charge in [-0.3, -0.25) is 4.79 Å². The summed E-state index contributed by atoms with van der Waals surface area (Å²) in [4.78, 5) is 17.6. The van der Waals surface area contributed by atoms with Gasteiger partial charge in [-0.05, 0) is 33.6 Å². The van der Waals surface area contributed by atoms with Crippen LogP contribution in [0.15, 0.2) is 35.3 Å². The molecule has 0 aliphatic carbocycles. The maximum atomic E-state index is 12.1. The number of benzene rings is 1. The molecule has 20 heavy (non-hydrogen) atoms. The van der Waals surface area contributed by atoms with Crippen molar-refractivity contribution in [1.29, 1.82) is 0 Å². The van der Waals surface area contributed by atoms with E-state index in [1.54, 1.807) is 41.2 Å². The van der Waals surface area contributed by atoms with Crippen molar-refractivity contribution < 1.29 is 9.90 Å². The number of likely N-dealkylation sites (N-methyl/N-ethyl adjacent to an activating group) is 1. The summed E-state index contributed by atoms with van der Waals surface area (Å²) in [6.07, 6.45) is 1.96. The van der Waals surface area contributed by atoms with Gasteiger partial charge in [-0.25, -0.2) is 9.67 Å². The number of nitrogens with zero attached hydrogens (tertiary/aromatic N) is 4. The van der Waals surface area contributed by atoms with Gasteiger partial charge in [0.05, 0.1) is 5.69 Å². The number of likely N-dealkylation sites (tertiary alicyclic amines) is 1. The molecule has 0 saturated carbocycles. The quantitative estimate of drug-likeness (QED) is 0.890. The summed E-state index contributed by atoms with van der Waals surface area (Å²) in [5, 5.41) is 14.8. The lowest BCUT2D eigenvalue weighted by atomic mass is 9.92. The first-order valence-electron chi connectivity index (χ1n) is 6.17. The zero-order chi connectivity index (χ0) is 14.3. The van der Waals surface area contributed by atoms with Crippen LogP contribution in [-0.4, -0.2) is 44.3 Å². The van der Waals surface area contributed by atoms with Crippen molar-refractivity contribution in [1.82, 2.24) is 19.7 Å². The Kier molecular flexibility index (Phi) is 3.10. The van der Waals surface area contributed by atoms with Crippen LogP contribution in [-0.2, 0) is 10.4 Å². The fourth-order valence-electron chi connectivity index (χ4n) is 2.39. The summed E-state index contributed by atoms with van der Waals surface area (Å²) >= 11 is 3.19. The highest BCUT2D eigenvalue weighted by molar-refractivity contribution is 9.10. The van der Waals surface area contributed by atoms with Gasteiger partial charge in [0.25, 0.3) is 5.91 Å². The highest BCUT2D eigenvalue weighted by Crippen LogP contribution is 2.33. The summed E-state index contributed by atoms with van der Waals surface area (Å²) in [5.41, 5.74) is -0.116. The Morgan fingerprint density at radius 3 is 2.85 bits per heavy atom. The second-order valence-corrected chi connectivity index (χ2v) is 5.55. The Hall–Kier alpha value is -1.73. The maximum Gasteiger partial charge on any atom is 0.258 e. The molecule has 2 aromatic rings. The molecule has 7 heteroatoms. The van der Waals surface area contributed by atoms with Gasteiger partial charge in [-0.1, -0.05) is 12.1 Å². The van der Waals surface area contributed by atoms with Crippen molar-refractivity contribution in [2.45, 2.75) is 12.0 Å². The monoisotopic (exact) mass is 336 g/mol. The molecule has 104 valence electrons. The van der Waals surface area contributed by atoms with Gasteiger partial charge in [0, 0.05) is 20.0 Å². The summed E-state index contributed by atoms with van der Waals surface area (Å²) in [7, 11) is 1.69. The predicted molar refractivity (Wildman–Crippen MR) is 75.2 cm³/mol. The lowest BCUT2D eigenvalue weighted by molar-refractivity contribution is -0.143. The molecule has 6 nitrogen and oxygen atoms in total. The molecular weight excluding hydrogens is 324 g/mol. The molecule has 1 aliphatic heterocycles. The summed E-state index contributed by atoms with van der Waals surface area (Å²) in [5.74, 6) is -0.269. The minimum absolute atomic E-state index is 0.269.